The monoisotopic (exact) mass is 340 g/mol. The molecule has 0 spiro atoms. The SMILES string of the molecule is NCC(NC1CCCCC1)c1cc(Br)c2c(c1)OCO2. The fraction of sp³-hybridized carbons (Fsp3) is 0.600. The zero-order valence-electron chi connectivity index (χ0n) is 11.5. The minimum atomic E-state index is 0.170. The van der Waals surface area contributed by atoms with E-state index in [1.165, 1.54) is 32.1 Å². The van der Waals surface area contributed by atoms with Gasteiger partial charge in [0.1, 0.15) is 0 Å². The van der Waals surface area contributed by atoms with Crippen LogP contribution in [0.25, 0.3) is 0 Å². The lowest BCUT2D eigenvalue weighted by Gasteiger charge is -2.28. The van der Waals surface area contributed by atoms with Gasteiger partial charge in [-0.2, -0.15) is 0 Å². The van der Waals surface area contributed by atoms with E-state index in [9.17, 15) is 0 Å². The van der Waals surface area contributed by atoms with Crippen LogP contribution >= 0.6 is 15.9 Å². The van der Waals surface area contributed by atoms with Crippen molar-refractivity contribution in [1.82, 2.24) is 5.32 Å². The summed E-state index contributed by atoms with van der Waals surface area (Å²) >= 11 is 3.55. The van der Waals surface area contributed by atoms with Crippen LogP contribution in [0, 0.1) is 0 Å². The van der Waals surface area contributed by atoms with E-state index >= 15 is 0 Å². The summed E-state index contributed by atoms with van der Waals surface area (Å²) in [5.74, 6) is 1.60. The Morgan fingerprint density at radius 2 is 2.05 bits per heavy atom. The van der Waals surface area contributed by atoms with E-state index in [1.807, 2.05) is 6.07 Å². The third-order valence-corrected chi connectivity index (χ3v) is 4.72. The normalized spacial score (nSPS) is 20.1. The van der Waals surface area contributed by atoms with Crippen molar-refractivity contribution in [3.8, 4) is 11.5 Å². The highest BCUT2D eigenvalue weighted by atomic mass is 79.9. The number of ether oxygens (including phenoxy) is 2. The molecule has 1 aliphatic heterocycles. The molecule has 1 aliphatic carbocycles. The summed E-state index contributed by atoms with van der Waals surface area (Å²) < 4.78 is 11.8. The lowest BCUT2D eigenvalue weighted by atomic mass is 9.94. The summed E-state index contributed by atoms with van der Waals surface area (Å²) in [6.07, 6.45) is 6.51. The van der Waals surface area contributed by atoms with Crippen molar-refractivity contribution in [3.63, 3.8) is 0 Å². The van der Waals surface area contributed by atoms with Gasteiger partial charge in [-0.15, -0.1) is 0 Å². The Morgan fingerprint density at radius 1 is 1.25 bits per heavy atom. The molecular formula is C15H21BrN2O2. The average molecular weight is 341 g/mol. The summed E-state index contributed by atoms with van der Waals surface area (Å²) in [5, 5.41) is 3.70. The van der Waals surface area contributed by atoms with Crippen molar-refractivity contribution in [2.75, 3.05) is 13.3 Å². The number of fused-ring (bicyclic) bond motifs is 1. The third-order valence-electron chi connectivity index (χ3n) is 4.13. The lowest BCUT2D eigenvalue weighted by Crippen LogP contribution is -2.37. The molecule has 1 heterocycles. The van der Waals surface area contributed by atoms with Gasteiger partial charge in [-0.3, -0.25) is 0 Å². The predicted octanol–water partition coefficient (Wildman–Crippen LogP) is 3.10. The molecule has 1 fully saturated rings. The Labute approximate surface area is 128 Å². The van der Waals surface area contributed by atoms with E-state index < -0.39 is 0 Å². The summed E-state index contributed by atoms with van der Waals surface area (Å²) in [4.78, 5) is 0. The number of hydrogen-bond acceptors (Lipinski definition) is 4. The van der Waals surface area contributed by atoms with E-state index in [0.29, 0.717) is 19.4 Å². The molecule has 0 amide bonds. The van der Waals surface area contributed by atoms with Crippen LogP contribution in [0.4, 0.5) is 0 Å². The van der Waals surface area contributed by atoms with Gasteiger partial charge in [0, 0.05) is 18.6 Å². The maximum Gasteiger partial charge on any atom is 0.231 e. The summed E-state index contributed by atoms with van der Waals surface area (Å²) in [6, 6.07) is 4.88. The van der Waals surface area contributed by atoms with E-state index in [2.05, 4.69) is 27.3 Å². The smallest absolute Gasteiger partial charge is 0.231 e. The lowest BCUT2D eigenvalue weighted by molar-refractivity contribution is 0.173. The molecule has 1 saturated carbocycles. The number of benzene rings is 1. The zero-order chi connectivity index (χ0) is 13.9. The first-order valence-electron chi connectivity index (χ1n) is 7.33. The minimum absolute atomic E-state index is 0.170. The molecule has 0 aromatic heterocycles. The zero-order valence-corrected chi connectivity index (χ0v) is 13.1. The van der Waals surface area contributed by atoms with Crippen LogP contribution in [0.15, 0.2) is 16.6 Å². The first-order valence-corrected chi connectivity index (χ1v) is 8.12. The quantitative estimate of drug-likeness (QED) is 0.884. The number of nitrogens with one attached hydrogen (secondary N) is 1. The van der Waals surface area contributed by atoms with Crippen LogP contribution < -0.4 is 20.5 Å². The van der Waals surface area contributed by atoms with Gasteiger partial charge < -0.3 is 20.5 Å². The van der Waals surface area contributed by atoms with Gasteiger partial charge in [-0.05, 0) is 46.5 Å². The Kier molecular flexibility index (Phi) is 4.48. The number of hydrogen-bond donors (Lipinski definition) is 2. The molecule has 3 N–H and O–H groups in total. The van der Waals surface area contributed by atoms with Crippen molar-refractivity contribution in [3.05, 3.63) is 22.2 Å². The second-order valence-electron chi connectivity index (χ2n) is 5.53. The predicted molar refractivity (Wildman–Crippen MR) is 82.1 cm³/mol. The topological polar surface area (TPSA) is 56.5 Å². The molecule has 5 heteroatoms. The maximum absolute atomic E-state index is 5.97. The van der Waals surface area contributed by atoms with Crippen molar-refractivity contribution in [2.24, 2.45) is 5.73 Å². The third kappa shape index (κ3) is 2.95. The van der Waals surface area contributed by atoms with E-state index in [4.69, 9.17) is 15.2 Å². The molecule has 1 aromatic rings. The summed E-state index contributed by atoms with van der Waals surface area (Å²) in [7, 11) is 0. The number of halogens is 1. The van der Waals surface area contributed by atoms with Gasteiger partial charge in [-0.1, -0.05) is 19.3 Å². The van der Waals surface area contributed by atoms with E-state index in [0.717, 1.165) is 21.5 Å². The molecule has 1 unspecified atom stereocenters. The molecule has 110 valence electrons. The molecule has 20 heavy (non-hydrogen) atoms. The number of nitrogens with two attached hydrogens (primary N) is 1. The first kappa shape index (κ1) is 14.2. The van der Waals surface area contributed by atoms with Crippen molar-refractivity contribution < 1.29 is 9.47 Å². The van der Waals surface area contributed by atoms with Crippen LogP contribution in [-0.4, -0.2) is 19.4 Å². The molecule has 1 aromatic carbocycles. The summed E-state index contributed by atoms with van der Waals surface area (Å²) in [5.41, 5.74) is 7.13. The van der Waals surface area contributed by atoms with Crippen molar-refractivity contribution in [1.29, 1.82) is 0 Å². The van der Waals surface area contributed by atoms with Gasteiger partial charge >= 0.3 is 0 Å². The van der Waals surface area contributed by atoms with Crippen LogP contribution in [0.1, 0.15) is 43.7 Å². The van der Waals surface area contributed by atoms with Gasteiger partial charge in [0.15, 0.2) is 11.5 Å². The molecule has 0 saturated heterocycles. The van der Waals surface area contributed by atoms with E-state index in [1.54, 1.807) is 0 Å². The Balaban J connectivity index is 1.76. The van der Waals surface area contributed by atoms with Gasteiger partial charge in [0.05, 0.1) is 4.47 Å². The molecule has 1 atom stereocenters. The van der Waals surface area contributed by atoms with Crippen LogP contribution in [0.5, 0.6) is 11.5 Å². The second-order valence-corrected chi connectivity index (χ2v) is 6.38. The fourth-order valence-electron chi connectivity index (χ4n) is 3.04. The molecular weight excluding hydrogens is 320 g/mol. The van der Waals surface area contributed by atoms with Crippen LogP contribution in [-0.2, 0) is 0 Å². The minimum Gasteiger partial charge on any atom is -0.454 e. The molecule has 2 aliphatic rings. The molecule has 3 rings (SSSR count). The second kappa shape index (κ2) is 6.33. The maximum atomic E-state index is 5.97. The van der Waals surface area contributed by atoms with Gasteiger partial charge in [-0.25, -0.2) is 0 Å². The van der Waals surface area contributed by atoms with Crippen LogP contribution in [0.3, 0.4) is 0 Å². The number of rotatable bonds is 4. The Morgan fingerprint density at radius 3 is 2.80 bits per heavy atom. The highest BCUT2D eigenvalue weighted by Gasteiger charge is 2.23. The molecule has 4 nitrogen and oxygen atoms in total. The highest BCUT2D eigenvalue weighted by Crippen LogP contribution is 2.41. The standard InChI is InChI=1S/C15H21BrN2O2/c16-12-6-10(7-14-15(12)20-9-19-14)13(8-17)18-11-4-2-1-3-5-11/h6-7,11,13,18H,1-5,8-9,17H2. The first-order chi connectivity index (χ1) is 9.78. The summed E-state index contributed by atoms with van der Waals surface area (Å²) in [6.45, 7) is 0.878. The molecule has 0 radical (unpaired) electrons. The highest BCUT2D eigenvalue weighted by molar-refractivity contribution is 9.10. The van der Waals surface area contributed by atoms with Crippen LogP contribution in [0.2, 0.25) is 0 Å². The van der Waals surface area contributed by atoms with Crippen molar-refractivity contribution >= 4 is 15.9 Å². The van der Waals surface area contributed by atoms with Gasteiger partial charge in [0.2, 0.25) is 6.79 Å². The Hall–Kier alpha value is -0.780. The average Bonchev–Trinajstić information content (AvgIpc) is 2.95. The largest absolute Gasteiger partial charge is 0.454 e. The fourth-order valence-corrected chi connectivity index (χ4v) is 3.62. The van der Waals surface area contributed by atoms with Crippen molar-refractivity contribution in [2.45, 2.75) is 44.2 Å². The Bertz CT molecular complexity index is 475. The van der Waals surface area contributed by atoms with Gasteiger partial charge in [0.25, 0.3) is 0 Å². The van der Waals surface area contributed by atoms with E-state index in [-0.39, 0.29) is 6.04 Å². The molecule has 0 bridgehead atoms.